The first-order valence-electron chi connectivity index (χ1n) is 9.13. The SMILES string of the molecule is COc1ccc2c(c1)NC1(CCN(C(=O)c3ccn[nH]3)CC1)c1cccn1-2. The minimum atomic E-state index is -0.187. The summed E-state index contributed by atoms with van der Waals surface area (Å²) >= 11 is 0. The highest BCUT2D eigenvalue weighted by atomic mass is 16.5. The number of piperidine rings is 1. The number of amides is 1. The minimum absolute atomic E-state index is 0.00983. The first-order valence-corrected chi connectivity index (χ1v) is 9.13. The summed E-state index contributed by atoms with van der Waals surface area (Å²) in [5.74, 6) is 0.842. The predicted molar refractivity (Wildman–Crippen MR) is 101 cm³/mol. The number of carbonyl (C=O) groups excluding carboxylic acids is 1. The average molecular weight is 363 g/mol. The molecule has 1 saturated heterocycles. The summed E-state index contributed by atoms with van der Waals surface area (Å²) in [5.41, 5.74) is 3.78. The van der Waals surface area contributed by atoms with Crippen molar-refractivity contribution in [3.05, 3.63) is 60.2 Å². The van der Waals surface area contributed by atoms with Crippen LogP contribution in [0.2, 0.25) is 0 Å². The van der Waals surface area contributed by atoms with Crippen LogP contribution in [0.25, 0.3) is 5.69 Å². The number of ether oxygens (including phenoxy) is 1. The van der Waals surface area contributed by atoms with E-state index < -0.39 is 0 Å². The van der Waals surface area contributed by atoms with Crippen LogP contribution in [0.1, 0.15) is 29.0 Å². The Labute approximate surface area is 156 Å². The van der Waals surface area contributed by atoms with Crippen LogP contribution in [0.4, 0.5) is 5.69 Å². The number of carbonyl (C=O) groups is 1. The molecule has 7 heteroatoms. The van der Waals surface area contributed by atoms with Gasteiger partial charge in [0.1, 0.15) is 11.4 Å². The molecular formula is C20H21N5O2. The van der Waals surface area contributed by atoms with Crippen molar-refractivity contribution in [2.75, 3.05) is 25.5 Å². The molecule has 2 aliphatic heterocycles. The molecule has 7 nitrogen and oxygen atoms in total. The predicted octanol–water partition coefficient (Wildman–Crippen LogP) is 2.77. The van der Waals surface area contributed by atoms with Crippen molar-refractivity contribution in [3.8, 4) is 11.4 Å². The van der Waals surface area contributed by atoms with Crippen molar-refractivity contribution < 1.29 is 9.53 Å². The monoisotopic (exact) mass is 363 g/mol. The number of rotatable bonds is 2. The number of benzene rings is 1. The van der Waals surface area contributed by atoms with Gasteiger partial charge < -0.3 is 19.5 Å². The molecular weight excluding hydrogens is 342 g/mol. The number of anilines is 1. The van der Waals surface area contributed by atoms with E-state index in [2.05, 4.69) is 44.5 Å². The molecule has 27 heavy (non-hydrogen) atoms. The Hall–Kier alpha value is -3.22. The second-order valence-corrected chi connectivity index (χ2v) is 7.12. The van der Waals surface area contributed by atoms with Crippen LogP contribution in [0.15, 0.2) is 48.8 Å². The highest BCUT2D eigenvalue weighted by Gasteiger charge is 2.42. The van der Waals surface area contributed by atoms with E-state index >= 15 is 0 Å². The summed E-state index contributed by atoms with van der Waals surface area (Å²) in [4.78, 5) is 14.5. The number of aromatic nitrogens is 3. The summed E-state index contributed by atoms with van der Waals surface area (Å²) in [6, 6.07) is 12.1. The van der Waals surface area contributed by atoms with Gasteiger partial charge in [0, 0.05) is 37.2 Å². The van der Waals surface area contributed by atoms with E-state index in [1.54, 1.807) is 19.4 Å². The van der Waals surface area contributed by atoms with Gasteiger partial charge >= 0.3 is 0 Å². The van der Waals surface area contributed by atoms with Crippen molar-refractivity contribution in [2.24, 2.45) is 0 Å². The van der Waals surface area contributed by atoms with Gasteiger partial charge in [-0.2, -0.15) is 5.10 Å². The van der Waals surface area contributed by atoms with Crippen molar-refractivity contribution in [2.45, 2.75) is 18.4 Å². The first-order chi connectivity index (χ1) is 13.2. The molecule has 1 fully saturated rings. The van der Waals surface area contributed by atoms with Crippen molar-refractivity contribution in [3.63, 3.8) is 0 Å². The summed E-state index contributed by atoms with van der Waals surface area (Å²) in [6.45, 7) is 1.38. The van der Waals surface area contributed by atoms with E-state index in [-0.39, 0.29) is 11.4 Å². The molecule has 1 aromatic carbocycles. The van der Waals surface area contributed by atoms with Crippen molar-refractivity contribution in [1.82, 2.24) is 19.7 Å². The Kier molecular flexibility index (Phi) is 3.50. The Morgan fingerprint density at radius 2 is 2.07 bits per heavy atom. The van der Waals surface area contributed by atoms with E-state index in [1.807, 2.05) is 17.0 Å². The fourth-order valence-electron chi connectivity index (χ4n) is 4.27. The molecule has 2 N–H and O–H groups in total. The lowest BCUT2D eigenvalue weighted by Gasteiger charge is -2.46. The maximum absolute atomic E-state index is 12.6. The number of aromatic amines is 1. The maximum atomic E-state index is 12.6. The zero-order valence-corrected chi connectivity index (χ0v) is 15.1. The summed E-state index contributed by atoms with van der Waals surface area (Å²) in [6.07, 6.45) is 5.39. The Bertz CT molecular complexity index is 984. The van der Waals surface area contributed by atoms with Crippen LogP contribution >= 0.6 is 0 Å². The largest absolute Gasteiger partial charge is 0.497 e. The lowest BCUT2D eigenvalue weighted by molar-refractivity contribution is 0.0670. The maximum Gasteiger partial charge on any atom is 0.271 e. The molecule has 2 aliphatic rings. The zero-order chi connectivity index (χ0) is 18.4. The smallest absolute Gasteiger partial charge is 0.271 e. The Morgan fingerprint density at radius 3 is 2.81 bits per heavy atom. The first kappa shape index (κ1) is 16.0. The van der Waals surface area contributed by atoms with E-state index in [0.717, 1.165) is 30.0 Å². The fraction of sp³-hybridized carbons (Fsp3) is 0.300. The molecule has 0 atom stereocenters. The molecule has 138 valence electrons. The van der Waals surface area contributed by atoms with Crippen molar-refractivity contribution >= 4 is 11.6 Å². The molecule has 3 aromatic rings. The van der Waals surface area contributed by atoms with Gasteiger partial charge in [0.2, 0.25) is 0 Å². The van der Waals surface area contributed by atoms with Crippen LogP contribution in [-0.4, -0.2) is 45.8 Å². The van der Waals surface area contributed by atoms with Gasteiger partial charge in [0.05, 0.1) is 24.0 Å². The van der Waals surface area contributed by atoms with Gasteiger partial charge in [-0.05, 0) is 43.2 Å². The number of H-pyrrole nitrogens is 1. The van der Waals surface area contributed by atoms with E-state index in [0.29, 0.717) is 18.8 Å². The third-order valence-electron chi connectivity index (χ3n) is 5.71. The Balaban J connectivity index is 1.45. The van der Waals surface area contributed by atoms with E-state index in [4.69, 9.17) is 4.74 Å². The number of nitrogens with zero attached hydrogens (tertiary/aromatic N) is 3. The molecule has 0 aliphatic carbocycles. The highest BCUT2D eigenvalue weighted by Crippen LogP contribution is 2.44. The molecule has 1 amide bonds. The molecule has 2 aromatic heterocycles. The second kappa shape index (κ2) is 5.90. The van der Waals surface area contributed by atoms with Gasteiger partial charge in [0.15, 0.2) is 0 Å². The molecule has 0 bridgehead atoms. The van der Waals surface area contributed by atoms with Gasteiger partial charge in [-0.1, -0.05) is 0 Å². The number of fused-ring (bicyclic) bond motifs is 4. The van der Waals surface area contributed by atoms with E-state index in [9.17, 15) is 4.79 Å². The topological polar surface area (TPSA) is 75.2 Å². The number of nitrogens with one attached hydrogen (secondary N) is 2. The quantitative estimate of drug-likeness (QED) is 0.734. The lowest BCUT2D eigenvalue weighted by atomic mass is 9.82. The summed E-state index contributed by atoms with van der Waals surface area (Å²) in [7, 11) is 1.68. The third-order valence-corrected chi connectivity index (χ3v) is 5.71. The van der Waals surface area contributed by atoms with Crippen LogP contribution in [0.3, 0.4) is 0 Å². The lowest BCUT2D eigenvalue weighted by Crippen LogP contribution is -2.51. The molecule has 4 heterocycles. The van der Waals surface area contributed by atoms with Crippen molar-refractivity contribution in [1.29, 1.82) is 0 Å². The highest BCUT2D eigenvalue weighted by molar-refractivity contribution is 5.92. The number of hydrogen-bond acceptors (Lipinski definition) is 4. The molecule has 5 rings (SSSR count). The van der Waals surface area contributed by atoms with Gasteiger partial charge in [-0.15, -0.1) is 0 Å². The summed E-state index contributed by atoms with van der Waals surface area (Å²) < 4.78 is 7.65. The average Bonchev–Trinajstić information content (AvgIpc) is 3.40. The third kappa shape index (κ3) is 2.42. The van der Waals surface area contributed by atoms with E-state index in [1.165, 1.54) is 5.69 Å². The van der Waals surface area contributed by atoms with Gasteiger partial charge in [-0.25, -0.2) is 0 Å². The molecule has 0 saturated carbocycles. The van der Waals surface area contributed by atoms with Crippen LogP contribution < -0.4 is 10.1 Å². The number of likely N-dealkylation sites (tertiary alicyclic amines) is 1. The van der Waals surface area contributed by atoms with Gasteiger partial charge in [0.25, 0.3) is 5.91 Å². The minimum Gasteiger partial charge on any atom is -0.497 e. The standard InChI is InChI=1S/C20H21N5O2/c1-27-14-4-5-17-16(13-14)22-20(18-3-2-10-25(17)18)7-11-24(12-8-20)19(26)15-6-9-21-23-15/h2-6,9-10,13,22H,7-8,11-12H2,1H3,(H,21,23). The number of hydrogen-bond donors (Lipinski definition) is 2. The molecule has 0 radical (unpaired) electrons. The number of methoxy groups -OCH3 is 1. The molecule has 1 spiro atoms. The Morgan fingerprint density at radius 1 is 1.22 bits per heavy atom. The second-order valence-electron chi connectivity index (χ2n) is 7.12. The van der Waals surface area contributed by atoms with Crippen LogP contribution in [0, 0.1) is 0 Å². The summed E-state index contributed by atoms with van der Waals surface area (Å²) in [5, 5.41) is 10.4. The molecule has 0 unspecified atom stereocenters. The zero-order valence-electron chi connectivity index (χ0n) is 15.1. The fourth-order valence-corrected chi connectivity index (χ4v) is 4.27. The van der Waals surface area contributed by atoms with Gasteiger partial charge in [-0.3, -0.25) is 9.89 Å². The van der Waals surface area contributed by atoms with Crippen LogP contribution in [-0.2, 0) is 5.54 Å². The van der Waals surface area contributed by atoms with Crippen LogP contribution in [0.5, 0.6) is 5.75 Å². The normalized spacial score (nSPS) is 17.1.